The average molecular weight is 579 g/mol. The summed E-state index contributed by atoms with van der Waals surface area (Å²) < 4.78 is 131. The minimum Gasteiger partial charge on any atom is -0.726 e. The van der Waals surface area contributed by atoms with Crippen molar-refractivity contribution in [3.8, 4) is 0 Å². The normalized spacial score (nSPS) is 16.5. The molecule has 0 aliphatic carbocycles. The third kappa shape index (κ3) is 177. The summed E-state index contributed by atoms with van der Waals surface area (Å²) >= 11 is 0. The molecule has 1 heterocycles. The number of nitrogens with two attached hydrogens (primary N) is 4. The van der Waals surface area contributed by atoms with E-state index in [2.05, 4.69) is 21.3 Å². The average Bonchev–Trinajstić information content (AvgIpc) is 2.49. The lowest BCUT2D eigenvalue weighted by molar-refractivity contribution is -0.756. The number of quaternary nitrogens is 4. The molecule has 0 aromatic heterocycles. The maximum atomic E-state index is 8.63. The summed E-state index contributed by atoms with van der Waals surface area (Å²) in [5.74, 6) is 0. The molecule has 0 amide bonds. The van der Waals surface area contributed by atoms with E-state index in [1.54, 1.807) is 0 Å². The second-order valence-electron chi connectivity index (χ2n) is 5.53. The molecule has 0 saturated carbocycles. The van der Waals surface area contributed by atoms with Crippen LogP contribution in [0.15, 0.2) is 0 Å². The highest BCUT2D eigenvalue weighted by molar-refractivity contribution is 7.80. The first-order chi connectivity index (χ1) is 14.5. The van der Waals surface area contributed by atoms with Gasteiger partial charge >= 0.3 is 0 Å². The van der Waals surface area contributed by atoms with Crippen LogP contribution in [0.4, 0.5) is 0 Å². The monoisotopic (exact) mass is 578 g/mol. The van der Waals surface area contributed by atoms with Crippen molar-refractivity contribution in [2.75, 3.05) is 52.4 Å². The second kappa shape index (κ2) is 21.8. The van der Waals surface area contributed by atoms with E-state index < -0.39 is 41.6 Å². The molecular formula is C9H30N4O16S4. The summed E-state index contributed by atoms with van der Waals surface area (Å²) in [5, 5.41) is 9.78. The molecule has 0 bridgehead atoms. The Hall–Kier alpha value is -0.680. The molecule has 12 N–H and O–H groups in total. The molecule has 0 atom stereocenters. The SMILES string of the molecule is C1C[NH2+]CC[NH2+]CC[NH2+]CC[NH2+]C1.O=S(=O)([O-])O.O=S(=O)([O-])O.O=S(=O)([O-])O.O=S(=O)([O-])O. The number of hydrogen-bond acceptors (Lipinski definition) is 12. The molecule has 1 aliphatic heterocycles. The van der Waals surface area contributed by atoms with Crippen molar-refractivity contribution in [1.82, 2.24) is 0 Å². The van der Waals surface area contributed by atoms with Crippen LogP contribution in [0.25, 0.3) is 0 Å². The molecule has 1 aliphatic rings. The van der Waals surface area contributed by atoms with Crippen LogP contribution < -0.4 is 21.3 Å². The predicted molar refractivity (Wildman–Crippen MR) is 101 cm³/mol. The summed E-state index contributed by atoms with van der Waals surface area (Å²) in [6.07, 6.45) is 1.36. The van der Waals surface area contributed by atoms with Gasteiger partial charge in [0.1, 0.15) is 39.3 Å². The van der Waals surface area contributed by atoms with E-state index in [-0.39, 0.29) is 0 Å². The van der Waals surface area contributed by atoms with E-state index in [1.807, 2.05) is 0 Å². The van der Waals surface area contributed by atoms with Gasteiger partial charge in [0.25, 0.3) is 0 Å². The zero-order valence-corrected chi connectivity index (χ0v) is 20.3. The lowest BCUT2D eigenvalue weighted by Crippen LogP contribution is -3.00. The van der Waals surface area contributed by atoms with Crippen LogP contribution in [0.1, 0.15) is 6.42 Å². The lowest BCUT2D eigenvalue weighted by atomic mass is 10.4. The minimum atomic E-state index is -4.92. The van der Waals surface area contributed by atoms with Gasteiger partial charge in [0.2, 0.25) is 41.6 Å². The Morgan fingerprint density at radius 3 is 0.667 bits per heavy atom. The van der Waals surface area contributed by atoms with Gasteiger partial charge in [-0.2, -0.15) is 0 Å². The fourth-order valence-electron chi connectivity index (χ4n) is 1.69. The van der Waals surface area contributed by atoms with Crippen LogP contribution in [-0.2, 0) is 41.6 Å². The molecule has 20 nitrogen and oxygen atoms in total. The van der Waals surface area contributed by atoms with Crippen molar-refractivity contribution in [2.45, 2.75) is 6.42 Å². The van der Waals surface area contributed by atoms with E-state index >= 15 is 0 Å². The van der Waals surface area contributed by atoms with Gasteiger partial charge in [-0.3, -0.25) is 18.2 Å². The fraction of sp³-hybridized carbons (Fsp3) is 1.00. The van der Waals surface area contributed by atoms with Crippen LogP contribution in [0.3, 0.4) is 0 Å². The number of hydrogen-bond donors (Lipinski definition) is 8. The summed E-state index contributed by atoms with van der Waals surface area (Å²) in [6.45, 7) is 10.4. The molecule has 0 aromatic rings. The van der Waals surface area contributed by atoms with Gasteiger partial charge in [0, 0.05) is 6.42 Å². The molecule has 0 unspecified atom stereocenters. The van der Waals surface area contributed by atoms with E-state index in [0.29, 0.717) is 0 Å². The Bertz CT molecular complexity index is 658. The van der Waals surface area contributed by atoms with Crippen LogP contribution in [0.5, 0.6) is 0 Å². The highest BCUT2D eigenvalue weighted by Crippen LogP contribution is 1.60. The third-order valence-corrected chi connectivity index (χ3v) is 2.54. The summed E-state index contributed by atoms with van der Waals surface area (Å²) in [4.78, 5) is 0. The first kappa shape index (κ1) is 39.5. The van der Waals surface area contributed by atoms with Gasteiger partial charge in [0.15, 0.2) is 0 Å². The van der Waals surface area contributed by atoms with E-state index in [4.69, 9.17) is 70.1 Å². The van der Waals surface area contributed by atoms with Crippen molar-refractivity contribution in [3.63, 3.8) is 0 Å². The van der Waals surface area contributed by atoms with Crippen molar-refractivity contribution in [2.24, 2.45) is 0 Å². The molecule has 1 fully saturated rings. The van der Waals surface area contributed by atoms with Crippen molar-refractivity contribution in [1.29, 1.82) is 0 Å². The Morgan fingerprint density at radius 1 is 0.394 bits per heavy atom. The maximum Gasteiger partial charge on any atom is 0.215 e. The summed E-state index contributed by atoms with van der Waals surface area (Å²) in [5.41, 5.74) is 0. The van der Waals surface area contributed by atoms with Crippen LogP contribution in [0.2, 0.25) is 0 Å². The Kier molecular flexibility index (Phi) is 26.1. The molecule has 1 saturated heterocycles. The first-order valence-electron chi connectivity index (χ1n) is 8.50. The quantitative estimate of drug-likeness (QED) is 0.0976. The largest absolute Gasteiger partial charge is 0.726 e. The zero-order valence-electron chi connectivity index (χ0n) is 17.0. The summed E-state index contributed by atoms with van der Waals surface area (Å²) in [6, 6.07) is 0. The fourth-order valence-corrected chi connectivity index (χ4v) is 1.69. The van der Waals surface area contributed by atoms with Gasteiger partial charge in [-0.1, -0.05) is 0 Å². The summed E-state index contributed by atoms with van der Waals surface area (Å²) in [7, 11) is -19.7. The molecule has 0 spiro atoms. The van der Waals surface area contributed by atoms with Gasteiger partial charge in [0.05, 0.1) is 13.1 Å². The van der Waals surface area contributed by atoms with Crippen LogP contribution >= 0.6 is 0 Å². The van der Waals surface area contributed by atoms with E-state index in [1.165, 1.54) is 58.8 Å². The Morgan fingerprint density at radius 2 is 0.515 bits per heavy atom. The van der Waals surface area contributed by atoms with E-state index in [9.17, 15) is 0 Å². The second-order valence-corrected chi connectivity index (χ2v) is 8.95. The highest BCUT2D eigenvalue weighted by Gasteiger charge is 1.99. The minimum absolute atomic E-state index is 1.29. The van der Waals surface area contributed by atoms with Gasteiger partial charge < -0.3 is 39.5 Å². The molecule has 0 aromatic carbocycles. The molecule has 0 radical (unpaired) electrons. The topological polar surface area (TPSA) is 376 Å². The van der Waals surface area contributed by atoms with E-state index in [0.717, 1.165) is 0 Å². The molecule has 33 heavy (non-hydrogen) atoms. The Balaban J connectivity index is -0.000000177. The molecule has 24 heteroatoms. The van der Waals surface area contributed by atoms with Gasteiger partial charge in [-0.05, 0) is 0 Å². The molecular weight excluding hydrogens is 548 g/mol. The van der Waals surface area contributed by atoms with Gasteiger partial charge in [-0.25, -0.2) is 33.7 Å². The van der Waals surface area contributed by atoms with Crippen molar-refractivity contribution < 1.29 is 91.4 Å². The predicted octanol–water partition coefficient (Wildman–Crippen LogP) is -9.34. The lowest BCUT2D eigenvalue weighted by Gasteiger charge is -1.99. The standard InChI is InChI=1S/C9H22N4.4H2O4S/c1-2-10-4-6-12-8-9-13-7-5-11-3-1;4*1-5(2,3)4/h10-13H,1-9H2;4*(H2,1,2,3,4). The van der Waals surface area contributed by atoms with Crippen LogP contribution in [-0.4, -0.2) is 122 Å². The number of rotatable bonds is 0. The smallest absolute Gasteiger partial charge is 0.215 e. The molecule has 206 valence electrons. The zero-order chi connectivity index (χ0) is 27.2. The van der Waals surface area contributed by atoms with Crippen molar-refractivity contribution >= 4 is 41.6 Å². The van der Waals surface area contributed by atoms with Gasteiger partial charge in [-0.15, -0.1) is 0 Å². The molecule has 1 rings (SSSR count). The highest BCUT2D eigenvalue weighted by atomic mass is 32.3. The van der Waals surface area contributed by atoms with Crippen molar-refractivity contribution in [3.05, 3.63) is 0 Å². The first-order valence-corrected chi connectivity index (χ1v) is 14.0. The Labute approximate surface area is 191 Å². The van der Waals surface area contributed by atoms with Crippen LogP contribution in [0, 0.1) is 0 Å². The maximum absolute atomic E-state index is 8.63. The third-order valence-electron chi connectivity index (χ3n) is 2.54.